The number of pyridine rings is 1. The summed E-state index contributed by atoms with van der Waals surface area (Å²) in [6.45, 7) is -0.167. The van der Waals surface area contributed by atoms with Crippen molar-refractivity contribution < 1.29 is 19.2 Å². The summed E-state index contributed by atoms with van der Waals surface area (Å²) in [6.07, 6.45) is 8.68. The van der Waals surface area contributed by atoms with E-state index in [0.29, 0.717) is 5.75 Å². The van der Waals surface area contributed by atoms with E-state index in [9.17, 15) is 14.9 Å². The van der Waals surface area contributed by atoms with Crippen molar-refractivity contribution in [3.8, 4) is 5.75 Å². The number of esters is 1. The molecule has 2 aromatic rings. The maximum absolute atomic E-state index is 11.6. The van der Waals surface area contributed by atoms with Crippen molar-refractivity contribution in [2.75, 3.05) is 19.0 Å². The van der Waals surface area contributed by atoms with Gasteiger partial charge in [0.2, 0.25) is 0 Å². The zero-order valence-electron chi connectivity index (χ0n) is 16.1. The molecular formula is C20H23N3O5S. The number of nitro groups is 1. The lowest BCUT2D eigenvalue weighted by Crippen LogP contribution is -2.20. The Balaban J connectivity index is 1.95. The number of anilines is 1. The van der Waals surface area contributed by atoms with Crippen LogP contribution >= 0.6 is 11.8 Å². The SMILES string of the molecule is COC(=O)CNc1cc(Sc2ccncc2)c(OC2CCCCC2)cc1[N+](=O)[O-]. The van der Waals surface area contributed by atoms with Crippen LogP contribution in [-0.2, 0) is 9.53 Å². The fraction of sp³-hybridized carbons (Fsp3) is 0.400. The minimum absolute atomic E-state index is 0.0500. The number of hydrogen-bond donors (Lipinski definition) is 1. The van der Waals surface area contributed by atoms with E-state index in [0.717, 1.165) is 35.5 Å². The summed E-state index contributed by atoms with van der Waals surface area (Å²) in [6, 6.07) is 6.82. The number of nitrogens with zero attached hydrogens (tertiary/aromatic N) is 2. The molecule has 1 aliphatic rings. The second-order valence-corrected chi connectivity index (χ2v) is 7.78. The first kappa shape index (κ1) is 20.9. The van der Waals surface area contributed by atoms with Crippen molar-refractivity contribution in [3.05, 3.63) is 46.8 Å². The number of aromatic nitrogens is 1. The Labute approximate surface area is 173 Å². The van der Waals surface area contributed by atoms with Gasteiger partial charge in [-0.1, -0.05) is 18.2 Å². The van der Waals surface area contributed by atoms with Crippen molar-refractivity contribution in [1.82, 2.24) is 4.98 Å². The van der Waals surface area contributed by atoms with Crippen LogP contribution in [0.25, 0.3) is 0 Å². The second kappa shape index (κ2) is 10.1. The highest BCUT2D eigenvalue weighted by molar-refractivity contribution is 7.99. The van der Waals surface area contributed by atoms with E-state index < -0.39 is 10.9 Å². The molecule has 3 rings (SSSR count). The number of benzene rings is 1. The molecule has 9 heteroatoms. The normalized spacial score (nSPS) is 14.2. The van der Waals surface area contributed by atoms with Gasteiger partial charge in [0.15, 0.2) is 0 Å². The molecule has 154 valence electrons. The van der Waals surface area contributed by atoms with Crippen LogP contribution in [0.1, 0.15) is 32.1 Å². The molecule has 0 spiro atoms. The Bertz CT molecular complexity index is 857. The Morgan fingerprint density at radius 2 is 2.00 bits per heavy atom. The number of methoxy groups -OCH3 is 1. The molecule has 0 aliphatic heterocycles. The highest BCUT2D eigenvalue weighted by Crippen LogP contribution is 2.42. The van der Waals surface area contributed by atoms with Gasteiger partial charge < -0.3 is 14.8 Å². The van der Waals surface area contributed by atoms with E-state index in [2.05, 4.69) is 15.0 Å². The van der Waals surface area contributed by atoms with Gasteiger partial charge >= 0.3 is 5.97 Å². The second-order valence-electron chi connectivity index (χ2n) is 6.67. The zero-order chi connectivity index (χ0) is 20.6. The van der Waals surface area contributed by atoms with Gasteiger partial charge in [-0.3, -0.25) is 19.9 Å². The molecule has 0 unspecified atom stereocenters. The smallest absolute Gasteiger partial charge is 0.325 e. The highest BCUT2D eigenvalue weighted by Gasteiger charge is 2.23. The van der Waals surface area contributed by atoms with Crippen LogP contribution < -0.4 is 10.1 Å². The van der Waals surface area contributed by atoms with E-state index in [4.69, 9.17) is 4.74 Å². The fourth-order valence-corrected chi connectivity index (χ4v) is 4.05. The average Bonchev–Trinajstić information content (AvgIpc) is 2.74. The molecule has 1 aromatic heterocycles. The lowest BCUT2D eigenvalue weighted by molar-refractivity contribution is -0.384. The molecule has 0 amide bonds. The summed E-state index contributed by atoms with van der Waals surface area (Å²) < 4.78 is 10.8. The Morgan fingerprint density at radius 3 is 2.66 bits per heavy atom. The van der Waals surface area contributed by atoms with E-state index in [1.54, 1.807) is 18.5 Å². The monoisotopic (exact) mass is 417 g/mol. The van der Waals surface area contributed by atoms with Gasteiger partial charge in [-0.15, -0.1) is 0 Å². The van der Waals surface area contributed by atoms with Gasteiger partial charge in [0.25, 0.3) is 5.69 Å². The van der Waals surface area contributed by atoms with E-state index >= 15 is 0 Å². The van der Waals surface area contributed by atoms with Crippen molar-refractivity contribution >= 4 is 29.1 Å². The van der Waals surface area contributed by atoms with Crippen LogP contribution in [0.2, 0.25) is 0 Å². The predicted molar refractivity (Wildman–Crippen MR) is 109 cm³/mol. The minimum Gasteiger partial charge on any atom is -0.489 e. The first-order chi connectivity index (χ1) is 14.1. The summed E-state index contributed by atoms with van der Waals surface area (Å²) in [5, 5.41) is 14.4. The molecule has 1 saturated carbocycles. The molecule has 1 aliphatic carbocycles. The molecule has 1 N–H and O–H groups in total. The third-order valence-electron chi connectivity index (χ3n) is 4.63. The minimum atomic E-state index is -0.509. The summed E-state index contributed by atoms with van der Waals surface area (Å²) in [5.74, 6) is -0.0285. The topological polar surface area (TPSA) is 104 Å². The zero-order valence-corrected chi connectivity index (χ0v) is 16.9. The Hall–Kier alpha value is -2.81. The third kappa shape index (κ3) is 5.83. The number of hydrogen-bond acceptors (Lipinski definition) is 8. The fourth-order valence-electron chi connectivity index (χ4n) is 3.15. The summed E-state index contributed by atoms with van der Waals surface area (Å²) >= 11 is 1.43. The first-order valence-corrected chi connectivity index (χ1v) is 10.3. The molecule has 29 heavy (non-hydrogen) atoms. The van der Waals surface area contributed by atoms with Gasteiger partial charge in [0.1, 0.15) is 18.0 Å². The quantitative estimate of drug-likeness (QED) is 0.382. The molecule has 0 bridgehead atoms. The number of nitro benzene ring substituents is 1. The van der Waals surface area contributed by atoms with Crippen molar-refractivity contribution in [3.63, 3.8) is 0 Å². The first-order valence-electron chi connectivity index (χ1n) is 9.44. The molecule has 0 saturated heterocycles. The van der Waals surface area contributed by atoms with Crippen LogP contribution in [0.15, 0.2) is 46.5 Å². The van der Waals surface area contributed by atoms with Crippen LogP contribution in [-0.4, -0.2) is 35.6 Å². The van der Waals surface area contributed by atoms with Crippen molar-refractivity contribution in [1.29, 1.82) is 0 Å². The lowest BCUT2D eigenvalue weighted by Gasteiger charge is -2.24. The van der Waals surface area contributed by atoms with Gasteiger partial charge in [0.05, 0.1) is 29.1 Å². The number of carbonyl (C=O) groups excluding carboxylic acids is 1. The average molecular weight is 417 g/mol. The summed E-state index contributed by atoms with van der Waals surface area (Å²) in [5.41, 5.74) is 0.103. The maximum atomic E-state index is 11.6. The molecule has 0 radical (unpaired) electrons. The number of rotatable bonds is 8. The van der Waals surface area contributed by atoms with Crippen LogP contribution in [0.5, 0.6) is 5.75 Å². The van der Waals surface area contributed by atoms with Crippen LogP contribution in [0.3, 0.4) is 0 Å². The Kier molecular flexibility index (Phi) is 7.29. The molecule has 1 heterocycles. The van der Waals surface area contributed by atoms with E-state index in [-0.39, 0.29) is 24.0 Å². The van der Waals surface area contributed by atoms with E-state index in [1.165, 1.54) is 31.4 Å². The summed E-state index contributed by atoms with van der Waals surface area (Å²) in [7, 11) is 1.27. The molecule has 1 aromatic carbocycles. The van der Waals surface area contributed by atoms with Gasteiger partial charge in [-0.2, -0.15) is 0 Å². The lowest BCUT2D eigenvalue weighted by atomic mass is 9.98. The predicted octanol–water partition coefficient (Wildman–Crippen LogP) is 4.44. The molecule has 1 fully saturated rings. The van der Waals surface area contributed by atoms with Crippen LogP contribution in [0.4, 0.5) is 11.4 Å². The number of ether oxygens (including phenoxy) is 2. The van der Waals surface area contributed by atoms with E-state index in [1.807, 2.05) is 12.1 Å². The number of nitrogens with one attached hydrogen (secondary N) is 1. The Morgan fingerprint density at radius 1 is 1.28 bits per heavy atom. The van der Waals surface area contributed by atoms with Crippen molar-refractivity contribution in [2.24, 2.45) is 0 Å². The molecule has 0 atom stereocenters. The van der Waals surface area contributed by atoms with Gasteiger partial charge in [-0.05, 0) is 43.9 Å². The van der Waals surface area contributed by atoms with Gasteiger partial charge in [-0.25, -0.2) is 0 Å². The summed E-state index contributed by atoms with van der Waals surface area (Å²) in [4.78, 5) is 28.3. The third-order valence-corrected chi connectivity index (χ3v) is 5.68. The number of carbonyl (C=O) groups is 1. The molecule has 8 nitrogen and oxygen atoms in total. The molecular weight excluding hydrogens is 394 g/mol. The highest BCUT2D eigenvalue weighted by atomic mass is 32.2. The standard InChI is InChI=1S/C20H23N3O5S/c1-27-20(24)13-22-16-11-19(29-15-7-9-21-10-8-15)18(12-17(16)23(25)26)28-14-5-3-2-4-6-14/h7-12,14,22H,2-6,13H2,1H3. The van der Waals surface area contributed by atoms with Gasteiger partial charge in [0, 0.05) is 17.3 Å². The van der Waals surface area contributed by atoms with Crippen LogP contribution in [0, 0.1) is 10.1 Å². The maximum Gasteiger partial charge on any atom is 0.325 e. The largest absolute Gasteiger partial charge is 0.489 e. The van der Waals surface area contributed by atoms with Crippen molar-refractivity contribution in [2.45, 2.75) is 48.0 Å².